The summed E-state index contributed by atoms with van der Waals surface area (Å²) in [5.74, 6) is 1.24. The van der Waals surface area contributed by atoms with Crippen LogP contribution in [0.5, 0.6) is 0 Å². The van der Waals surface area contributed by atoms with Gasteiger partial charge in [-0.2, -0.15) is 0 Å². The monoisotopic (exact) mass is 209 g/mol. The van der Waals surface area contributed by atoms with Crippen LogP contribution in [0.3, 0.4) is 0 Å². The van der Waals surface area contributed by atoms with Crippen LogP contribution in [0.2, 0.25) is 0 Å². The van der Waals surface area contributed by atoms with Gasteiger partial charge in [0.25, 0.3) is 0 Å². The molecule has 0 heterocycles. The molecule has 14 heavy (non-hydrogen) atoms. The predicted molar refractivity (Wildman–Crippen MR) is 64.9 cm³/mol. The summed E-state index contributed by atoms with van der Waals surface area (Å²) in [6, 6.07) is 10.6. The van der Waals surface area contributed by atoms with Gasteiger partial charge in [0.1, 0.15) is 0 Å². The topological polar surface area (TPSA) is 12.0 Å². The first-order valence-corrected chi connectivity index (χ1v) is 6.24. The molecule has 0 aromatic heterocycles. The molecule has 0 amide bonds. The van der Waals surface area contributed by atoms with E-state index in [1.165, 1.54) is 29.9 Å². The highest BCUT2D eigenvalue weighted by atomic mass is 32.2. The Morgan fingerprint density at radius 1 is 1.07 bits per heavy atom. The Balaban J connectivity index is 1.99. The summed E-state index contributed by atoms with van der Waals surface area (Å²) < 4.78 is 0. The average molecular weight is 209 g/mol. The summed E-state index contributed by atoms with van der Waals surface area (Å²) in [4.78, 5) is 1.39. The van der Waals surface area contributed by atoms with Gasteiger partial charge in [0.05, 0.1) is 0 Å². The minimum atomic E-state index is 1.15. The van der Waals surface area contributed by atoms with Gasteiger partial charge in [-0.1, -0.05) is 24.6 Å². The van der Waals surface area contributed by atoms with Crippen molar-refractivity contribution in [3.8, 4) is 0 Å². The Kier molecular flexibility index (Phi) is 6.54. The second kappa shape index (κ2) is 7.89. The zero-order chi connectivity index (χ0) is 10.1. The standard InChI is InChI=1S/C12H19NS/c1-13-10-6-3-7-11-14-12-8-4-2-5-9-12/h2,4-5,8-9,13H,3,6-7,10-11H2,1H3. The molecule has 0 saturated carbocycles. The summed E-state index contributed by atoms with van der Waals surface area (Å²) in [6.07, 6.45) is 3.95. The molecule has 78 valence electrons. The maximum absolute atomic E-state index is 3.17. The van der Waals surface area contributed by atoms with Crippen LogP contribution in [0.1, 0.15) is 19.3 Å². The van der Waals surface area contributed by atoms with Gasteiger partial charge in [-0.15, -0.1) is 11.8 Å². The lowest BCUT2D eigenvalue weighted by atomic mass is 10.2. The number of rotatable bonds is 7. The van der Waals surface area contributed by atoms with Gasteiger partial charge in [0.15, 0.2) is 0 Å². The van der Waals surface area contributed by atoms with Crippen LogP contribution in [0.4, 0.5) is 0 Å². The average Bonchev–Trinajstić information content (AvgIpc) is 2.25. The summed E-state index contributed by atoms with van der Waals surface area (Å²) >= 11 is 1.96. The highest BCUT2D eigenvalue weighted by Gasteiger charge is 1.92. The smallest absolute Gasteiger partial charge is 0.00719 e. The number of benzene rings is 1. The van der Waals surface area contributed by atoms with E-state index in [0.717, 1.165) is 6.54 Å². The zero-order valence-electron chi connectivity index (χ0n) is 8.83. The van der Waals surface area contributed by atoms with E-state index >= 15 is 0 Å². The fourth-order valence-electron chi connectivity index (χ4n) is 1.29. The quantitative estimate of drug-likeness (QED) is 0.547. The van der Waals surface area contributed by atoms with Crippen molar-refractivity contribution in [3.05, 3.63) is 30.3 Å². The molecule has 0 saturated heterocycles. The molecule has 1 N–H and O–H groups in total. The third-order valence-corrected chi connectivity index (χ3v) is 3.18. The normalized spacial score (nSPS) is 10.4. The van der Waals surface area contributed by atoms with E-state index in [-0.39, 0.29) is 0 Å². The van der Waals surface area contributed by atoms with Gasteiger partial charge in [0, 0.05) is 4.90 Å². The third-order valence-electron chi connectivity index (χ3n) is 2.08. The molecular weight excluding hydrogens is 190 g/mol. The number of thioether (sulfide) groups is 1. The van der Waals surface area contributed by atoms with Crippen LogP contribution in [-0.4, -0.2) is 19.3 Å². The molecular formula is C12H19NS. The van der Waals surface area contributed by atoms with E-state index in [1.54, 1.807) is 0 Å². The maximum Gasteiger partial charge on any atom is 0.00719 e. The van der Waals surface area contributed by atoms with Gasteiger partial charge in [-0.25, -0.2) is 0 Å². The second-order valence-corrected chi connectivity index (χ2v) is 4.49. The van der Waals surface area contributed by atoms with Gasteiger partial charge in [-0.05, 0) is 44.3 Å². The van der Waals surface area contributed by atoms with E-state index in [0.29, 0.717) is 0 Å². The third kappa shape index (κ3) is 5.30. The molecule has 2 heteroatoms. The first kappa shape index (κ1) is 11.6. The Hall–Kier alpha value is -0.470. The van der Waals surface area contributed by atoms with Crippen LogP contribution < -0.4 is 5.32 Å². The first-order chi connectivity index (χ1) is 6.93. The van der Waals surface area contributed by atoms with Crippen LogP contribution in [-0.2, 0) is 0 Å². The van der Waals surface area contributed by atoms with Crippen LogP contribution >= 0.6 is 11.8 Å². The van der Waals surface area contributed by atoms with E-state index in [2.05, 4.69) is 35.6 Å². The van der Waals surface area contributed by atoms with Crippen molar-refractivity contribution in [1.29, 1.82) is 0 Å². The summed E-state index contributed by atoms with van der Waals surface area (Å²) in [7, 11) is 2.01. The SMILES string of the molecule is CNCCCCCSc1ccccc1. The maximum atomic E-state index is 3.17. The van der Waals surface area contributed by atoms with Crippen molar-refractivity contribution >= 4 is 11.8 Å². The molecule has 0 unspecified atom stereocenters. The Morgan fingerprint density at radius 3 is 2.57 bits per heavy atom. The number of unbranched alkanes of at least 4 members (excludes halogenated alkanes) is 2. The molecule has 0 bridgehead atoms. The van der Waals surface area contributed by atoms with Crippen molar-refractivity contribution in [2.75, 3.05) is 19.3 Å². The summed E-state index contributed by atoms with van der Waals surface area (Å²) in [5.41, 5.74) is 0. The van der Waals surface area contributed by atoms with Crippen LogP contribution in [0.25, 0.3) is 0 Å². The van der Waals surface area contributed by atoms with Crippen molar-refractivity contribution in [1.82, 2.24) is 5.32 Å². The number of hydrogen-bond donors (Lipinski definition) is 1. The lowest BCUT2D eigenvalue weighted by Gasteiger charge is -2.01. The largest absolute Gasteiger partial charge is 0.320 e. The van der Waals surface area contributed by atoms with Crippen molar-refractivity contribution < 1.29 is 0 Å². The fraction of sp³-hybridized carbons (Fsp3) is 0.500. The molecule has 0 radical (unpaired) electrons. The minimum absolute atomic E-state index is 1.15. The second-order valence-electron chi connectivity index (χ2n) is 3.33. The highest BCUT2D eigenvalue weighted by molar-refractivity contribution is 7.99. The summed E-state index contributed by atoms with van der Waals surface area (Å²) in [6.45, 7) is 1.15. The van der Waals surface area contributed by atoms with Gasteiger partial charge in [0.2, 0.25) is 0 Å². The lowest BCUT2D eigenvalue weighted by molar-refractivity contribution is 0.670. The minimum Gasteiger partial charge on any atom is -0.320 e. The van der Waals surface area contributed by atoms with E-state index in [4.69, 9.17) is 0 Å². The van der Waals surface area contributed by atoms with Crippen molar-refractivity contribution in [3.63, 3.8) is 0 Å². The van der Waals surface area contributed by atoms with E-state index < -0.39 is 0 Å². The van der Waals surface area contributed by atoms with Gasteiger partial charge in [-0.3, -0.25) is 0 Å². The van der Waals surface area contributed by atoms with Crippen LogP contribution in [0.15, 0.2) is 35.2 Å². The highest BCUT2D eigenvalue weighted by Crippen LogP contribution is 2.18. The molecule has 1 aromatic rings. The molecule has 0 spiro atoms. The predicted octanol–water partition coefficient (Wildman–Crippen LogP) is 3.17. The Bertz CT molecular complexity index is 223. The van der Waals surface area contributed by atoms with Gasteiger partial charge < -0.3 is 5.32 Å². The lowest BCUT2D eigenvalue weighted by Crippen LogP contribution is -2.07. The zero-order valence-corrected chi connectivity index (χ0v) is 9.65. The molecule has 0 fully saturated rings. The number of hydrogen-bond acceptors (Lipinski definition) is 2. The fourth-order valence-corrected chi connectivity index (χ4v) is 2.22. The molecule has 0 aliphatic carbocycles. The van der Waals surface area contributed by atoms with E-state index in [9.17, 15) is 0 Å². The molecule has 1 rings (SSSR count). The Labute approximate surface area is 91.3 Å². The molecule has 0 aliphatic rings. The van der Waals surface area contributed by atoms with Crippen LogP contribution in [0, 0.1) is 0 Å². The molecule has 1 aromatic carbocycles. The van der Waals surface area contributed by atoms with Gasteiger partial charge >= 0.3 is 0 Å². The van der Waals surface area contributed by atoms with Crippen molar-refractivity contribution in [2.24, 2.45) is 0 Å². The first-order valence-electron chi connectivity index (χ1n) is 5.26. The van der Waals surface area contributed by atoms with E-state index in [1.807, 2.05) is 18.8 Å². The molecule has 1 nitrogen and oxygen atoms in total. The van der Waals surface area contributed by atoms with Crippen molar-refractivity contribution in [2.45, 2.75) is 24.2 Å². The summed E-state index contributed by atoms with van der Waals surface area (Å²) in [5, 5.41) is 3.17. The Morgan fingerprint density at radius 2 is 1.86 bits per heavy atom. The molecule has 0 aliphatic heterocycles. The number of nitrogens with one attached hydrogen (secondary N) is 1. The molecule has 0 atom stereocenters.